The molecular weight excluding hydrogens is 292 g/mol. The molecule has 3 rings (SSSR count). The van der Waals surface area contributed by atoms with Crippen LogP contribution in [-0.2, 0) is 6.42 Å². The molecule has 0 spiro atoms. The highest BCUT2D eigenvalue weighted by Crippen LogP contribution is 2.31. The van der Waals surface area contributed by atoms with Gasteiger partial charge in [-0.15, -0.1) is 23.7 Å². The van der Waals surface area contributed by atoms with Crippen molar-refractivity contribution in [1.29, 1.82) is 0 Å². The molecule has 6 heteroatoms. The van der Waals surface area contributed by atoms with Gasteiger partial charge in [0.2, 0.25) is 0 Å². The van der Waals surface area contributed by atoms with E-state index in [9.17, 15) is 0 Å². The van der Waals surface area contributed by atoms with Gasteiger partial charge in [0, 0.05) is 37.5 Å². The summed E-state index contributed by atoms with van der Waals surface area (Å²) in [6.07, 6.45) is 0.896. The number of piperazine rings is 1. The van der Waals surface area contributed by atoms with Gasteiger partial charge in [0.25, 0.3) is 0 Å². The summed E-state index contributed by atoms with van der Waals surface area (Å²) in [5.41, 5.74) is 0. The lowest BCUT2D eigenvalue weighted by atomic mass is 10.2. The van der Waals surface area contributed by atoms with E-state index < -0.39 is 0 Å². The molecule has 20 heavy (non-hydrogen) atoms. The SMILES string of the molecule is CCc1nc(N2CCN(C)CC2)c2cc(C)sc2n1.Cl. The van der Waals surface area contributed by atoms with Crippen LogP contribution in [0.3, 0.4) is 0 Å². The second-order valence-corrected chi connectivity index (χ2v) is 6.42. The molecule has 0 aliphatic carbocycles. The van der Waals surface area contributed by atoms with Gasteiger partial charge >= 0.3 is 0 Å². The van der Waals surface area contributed by atoms with Crippen molar-refractivity contribution in [3.8, 4) is 0 Å². The van der Waals surface area contributed by atoms with E-state index >= 15 is 0 Å². The van der Waals surface area contributed by atoms with Crippen molar-refractivity contribution in [1.82, 2.24) is 14.9 Å². The molecule has 2 aromatic rings. The van der Waals surface area contributed by atoms with Crippen LogP contribution >= 0.6 is 23.7 Å². The first-order valence-corrected chi connectivity index (χ1v) is 7.69. The number of rotatable bonds is 2. The van der Waals surface area contributed by atoms with Gasteiger partial charge in [-0.05, 0) is 20.0 Å². The number of aryl methyl sites for hydroxylation is 2. The van der Waals surface area contributed by atoms with Gasteiger partial charge in [-0.2, -0.15) is 0 Å². The van der Waals surface area contributed by atoms with Crippen molar-refractivity contribution in [3.63, 3.8) is 0 Å². The number of likely N-dealkylation sites (N-methyl/N-ethyl adjacent to an activating group) is 1. The Bertz CT molecular complexity index is 590. The smallest absolute Gasteiger partial charge is 0.141 e. The van der Waals surface area contributed by atoms with Crippen LogP contribution in [0.25, 0.3) is 10.2 Å². The Morgan fingerprint density at radius 1 is 1.20 bits per heavy atom. The Hall–Kier alpha value is -0.910. The molecule has 0 atom stereocenters. The van der Waals surface area contributed by atoms with Crippen LogP contribution in [-0.4, -0.2) is 48.1 Å². The molecule has 0 aromatic carbocycles. The van der Waals surface area contributed by atoms with Crippen LogP contribution in [0.2, 0.25) is 0 Å². The Morgan fingerprint density at radius 3 is 2.55 bits per heavy atom. The van der Waals surface area contributed by atoms with Crippen LogP contribution < -0.4 is 4.90 Å². The zero-order valence-corrected chi connectivity index (χ0v) is 13.9. The normalized spacial score (nSPS) is 16.4. The summed E-state index contributed by atoms with van der Waals surface area (Å²) >= 11 is 1.77. The van der Waals surface area contributed by atoms with Crippen LogP contribution in [0.5, 0.6) is 0 Å². The number of aromatic nitrogens is 2. The van der Waals surface area contributed by atoms with E-state index in [0.29, 0.717) is 0 Å². The first kappa shape index (κ1) is 15.5. The largest absolute Gasteiger partial charge is 0.353 e. The molecule has 0 unspecified atom stereocenters. The minimum Gasteiger partial charge on any atom is -0.353 e. The Kier molecular flexibility index (Phi) is 4.83. The fourth-order valence-electron chi connectivity index (χ4n) is 2.49. The fraction of sp³-hybridized carbons (Fsp3) is 0.571. The molecule has 0 bridgehead atoms. The molecule has 2 aromatic heterocycles. The number of halogens is 1. The van der Waals surface area contributed by atoms with Crippen LogP contribution in [0.1, 0.15) is 17.6 Å². The number of hydrogen-bond acceptors (Lipinski definition) is 5. The molecule has 1 aliphatic heterocycles. The standard InChI is InChI=1S/C14H20N4S.ClH/c1-4-12-15-13(18-7-5-17(3)6-8-18)11-9-10(2)19-14(11)16-12;/h9H,4-8H2,1-3H3;1H. The van der Waals surface area contributed by atoms with Gasteiger partial charge in [0.1, 0.15) is 16.5 Å². The molecule has 1 saturated heterocycles. The molecule has 1 fully saturated rings. The van der Waals surface area contributed by atoms with E-state index in [0.717, 1.165) is 49.1 Å². The predicted octanol–water partition coefficient (Wildman–Crippen LogP) is 2.74. The predicted molar refractivity (Wildman–Crippen MR) is 88.5 cm³/mol. The Morgan fingerprint density at radius 2 is 1.90 bits per heavy atom. The third kappa shape index (κ3) is 2.90. The van der Waals surface area contributed by atoms with E-state index in [-0.39, 0.29) is 12.4 Å². The first-order valence-electron chi connectivity index (χ1n) is 6.88. The average Bonchev–Trinajstić information content (AvgIpc) is 2.78. The lowest BCUT2D eigenvalue weighted by Crippen LogP contribution is -2.45. The number of anilines is 1. The van der Waals surface area contributed by atoms with Crippen molar-refractivity contribution >= 4 is 39.8 Å². The Balaban J connectivity index is 0.00000147. The van der Waals surface area contributed by atoms with Gasteiger partial charge in [0.15, 0.2) is 0 Å². The Labute approximate surface area is 130 Å². The van der Waals surface area contributed by atoms with Crippen LogP contribution in [0.4, 0.5) is 5.82 Å². The summed E-state index contributed by atoms with van der Waals surface area (Å²) < 4.78 is 0. The topological polar surface area (TPSA) is 32.3 Å². The van der Waals surface area contributed by atoms with Crippen molar-refractivity contribution < 1.29 is 0 Å². The van der Waals surface area contributed by atoms with Gasteiger partial charge in [0.05, 0.1) is 5.39 Å². The molecular formula is C14H21ClN4S. The summed E-state index contributed by atoms with van der Waals surface area (Å²) in [4.78, 5) is 16.7. The van der Waals surface area contributed by atoms with E-state index in [4.69, 9.17) is 4.98 Å². The third-order valence-electron chi connectivity index (χ3n) is 3.66. The van der Waals surface area contributed by atoms with Gasteiger partial charge in [-0.3, -0.25) is 0 Å². The van der Waals surface area contributed by atoms with E-state index in [1.165, 1.54) is 10.3 Å². The van der Waals surface area contributed by atoms with Crippen molar-refractivity contribution in [2.75, 3.05) is 38.1 Å². The molecule has 1 aliphatic rings. The molecule has 3 heterocycles. The number of thiophene rings is 1. The monoisotopic (exact) mass is 312 g/mol. The highest BCUT2D eigenvalue weighted by Gasteiger charge is 2.19. The first-order chi connectivity index (χ1) is 9.17. The van der Waals surface area contributed by atoms with Crippen LogP contribution in [0.15, 0.2) is 6.07 Å². The van der Waals surface area contributed by atoms with E-state index in [1.54, 1.807) is 11.3 Å². The van der Waals surface area contributed by atoms with E-state index in [2.05, 4.69) is 41.7 Å². The number of nitrogens with zero attached hydrogens (tertiary/aromatic N) is 4. The average molecular weight is 313 g/mol. The molecule has 0 amide bonds. The minimum atomic E-state index is 0. The van der Waals surface area contributed by atoms with Gasteiger partial charge < -0.3 is 9.80 Å². The lowest BCUT2D eigenvalue weighted by molar-refractivity contribution is 0.312. The fourth-order valence-corrected chi connectivity index (χ4v) is 3.38. The molecule has 0 radical (unpaired) electrons. The van der Waals surface area contributed by atoms with Crippen molar-refractivity contribution in [3.05, 3.63) is 16.8 Å². The summed E-state index contributed by atoms with van der Waals surface area (Å²) in [5, 5.41) is 1.23. The summed E-state index contributed by atoms with van der Waals surface area (Å²) in [6, 6.07) is 2.23. The molecule has 4 nitrogen and oxygen atoms in total. The maximum atomic E-state index is 4.78. The summed E-state index contributed by atoms with van der Waals surface area (Å²) in [5.74, 6) is 2.10. The summed E-state index contributed by atoms with van der Waals surface area (Å²) in [6.45, 7) is 8.59. The lowest BCUT2D eigenvalue weighted by Gasteiger charge is -2.33. The second kappa shape index (κ2) is 6.24. The van der Waals surface area contributed by atoms with Crippen molar-refractivity contribution in [2.24, 2.45) is 0 Å². The highest BCUT2D eigenvalue weighted by molar-refractivity contribution is 7.18. The van der Waals surface area contributed by atoms with Gasteiger partial charge in [-0.1, -0.05) is 6.92 Å². The number of hydrogen-bond donors (Lipinski definition) is 0. The van der Waals surface area contributed by atoms with Crippen LogP contribution in [0, 0.1) is 6.92 Å². The quantitative estimate of drug-likeness (QED) is 0.853. The van der Waals surface area contributed by atoms with E-state index in [1.807, 2.05) is 0 Å². The minimum absolute atomic E-state index is 0. The highest BCUT2D eigenvalue weighted by atomic mass is 35.5. The molecule has 0 N–H and O–H groups in total. The number of fused-ring (bicyclic) bond motifs is 1. The zero-order chi connectivity index (χ0) is 13.4. The summed E-state index contributed by atoms with van der Waals surface area (Å²) in [7, 11) is 2.18. The molecule has 0 saturated carbocycles. The molecule has 110 valence electrons. The van der Waals surface area contributed by atoms with Crippen molar-refractivity contribution in [2.45, 2.75) is 20.3 Å². The van der Waals surface area contributed by atoms with Gasteiger partial charge in [-0.25, -0.2) is 9.97 Å². The second-order valence-electron chi connectivity index (χ2n) is 5.18. The maximum absolute atomic E-state index is 4.78. The zero-order valence-electron chi connectivity index (χ0n) is 12.2. The maximum Gasteiger partial charge on any atom is 0.141 e. The third-order valence-corrected chi connectivity index (χ3v) is 4.61.